The van der Waals surface area contributed by atoms with Crippen LogP contribution in [0.4, 0.5) is 0 Å². The maximum absolute atomic E-state index is 5.43. The first-order valence-corrected chi connectivity index (χ1v) is 6.56. The van der Waals surface area contributed by atoms with Crippen LogP contribution in [0.1, 0.15) is 5.82 Å². The Morgan fingerprint density at radius 1 is 1.44 bits per heavy atom. The minimum atomic E-state index is 0.520. The van der Waals surface area contributed by atoms with Crippen LogP contribution >= 0.6 is 38.5 Å². The summed E-state index contributed by atoms with van der Waals surface area (Å²) in [6.45, 7) is 0.520. The lowest BCUT2D eigenvalue weighted by molar-refractivity contribution is 0.422. The number of hydrogen-bond donors (Lipinski definition) is 1. The molecule has 0 aliphatic carbocycles. The summed E-state index contributed by atoms with van der Waals surface area (Å²) >= 11 is 5.70. The number of benzene rings is 1. The van der Waals surface area contributed by atoms with E-state index >= 15 is 0 Å². The Labute approximate surface area is 115 Å². The third-order valence-corrected chi connectivity index (χ3v) is 3.36. The van der Waals surface area contributed by atoms with Gasteiger partial charge < -0.3 is 10.3 Å². The second kappa shape index (κ2) is 5.24. The number of nitrogens with zero attached hydrogens (tertiary/aromatic N) is 2. The van der Waals surface area contributed by atoms with Crippen molar-refractivity contribution in [3.05, 3.63) is 32.1 Å². The fourth-order valence-corrected chi connectivity index (χ4v) is 2.16. The van der Waals surface area contributed by atoms with E-state index in [-0.39, 0.29) is 0 Å². The molecule has 0 unspecified atom stereocenters. The van der Waals surface area contributed by atoms with E-state index in [1.807, 2.05) is 18.2 Å². The molecule has 2 aromatic rings. The SMILES string of the molecule is NCCc1noc(-c2cc(I)ccc2Br)n1. The number of rotatable bonds is 3. The van der Waals surface area contributed by atoms with Gasteiger partial charge in [-0.3, -0.25) is 0 Å². The molecule has 4 nitrogen and oxygen atoms in total. The van der Waals surface area contributed by atoms with Gasteiger partial charge in [0.1, 0.15) is 0 Å². The minimum Gasteiger partial charge on any atom is -0.334 e. The zero-order valence-electron chi connectivity index (χ0n) is 8.28. The molecule has 1 heterocycles. The molecule has 1 aromatic heterocycles. The Balaban J connectivity index is 2.38. The number of aromatic nitrogens is 2. The van der Waals surface area contributed by atoms with Gasteiger partial charge in [0.15, 0.2) is 5.82 Å². The Morgan fingerprint density at radius 3 is 3.00 bits per heavy atom. The zero-order valence-corrected chi connectivity index (χ0v) is 12.0. The van der Waals surface area contributed by atoms with Gasteiger partial charge in [0.2, 0.25) is 0 Å². The van der Waals surface area contributed by atoms with Gasteiger partial charge in [0.25, 0.3) is 5.89 Å². The van der Waals surface area contributed by atoms with Crippen LogP contribution in [0.2, 0.25) is 0 Å². The van der Waals surface area contributed by atoms with Crippen molar-refractivity contribution in [1.82, 2.24) is 10.1 Å². The van der Waals surface area contributed by atoms with Gasteiger partial charge in [0, 0.05) is 14.5 Å². The third kappa shape index (κ3) is 2.61. The largest absolute Gasteiger partial charge is 0.334 e. The van der Waals surface area contributed by atoms with E-state index in [0.717, 1.165) is 13.6 Å². The number of hydrogen-bond acceptors (Lipinski definition) is 4. The highest BCUT2D eigenvalue weighted by atomic mass is 127. The predicted octanol–water partition coefficient (Wildman–Crippen LogP) is 2.60. The zero-order chi connectivity index (χ0) is 11.5. The average Bonchev–Trinajstić information content (AvgIpc) is 2.71. The van der Waals surface area contributed by atoms with E-state index < -0.39 is 0 Å². The molecule has 0 aliphatic heterocycles. The summed E-state index contributed by atoms with van der Waals surface area (Å²) in [6.07, 6.45) is 0.630. The maximum atomic E-state index is 5.43. The Morgan fingerprint density at radius 2 is 2.25 bits per heavy atom. The first-order valence-electron chi connectivity index (χ1n) is 4.69. The summed E-state index contributed by atoms with van der Waals surface area (Å²) in [5.74, 6) is 1.16. The molecule has 2 rings (SSSR count). The van der Waals surface area contributed by atoms with Gasteiger partial charge in [-0.2, -0.15) is 4.98 Å². The molecule has 0 fully saturated rings. The molecule has 0 bridgehead atoms. The molecule has 0 aliphatic rings. The lowest BCUT2D eigenvalue weighted by atomic mass is 10.2. The first kappa shape index (κ1) is 12.0. The van der Waals surface area contributed by atoms with Crippen LogP contribution in [0.25, 0.3) is 11.5 Å². The van der Waals surface area contributed by atoms with Crippen LogP contribution in [0.15, 0.2) is 27.2 Å². The van der Waals surface area contributed by atoms with Crippen LogP contribution in [-0.2, 0) is 6.42 Å². The van der Waals surface area contributed by atoms with E-state index in [1.54, 1.807) is 0 Å². The predicted molar refractivity (Wildman–Crippen MR) is 72.9 cm³/mol. The quantitative estimate of drug-likeness (QED) is 0.814. The monoisotopic (exact) mass is 393 g/mol. The molecule has 0 radical (unpaired) electrons. The topological polar surface area (TPSA) is 64.9 Å². The van der Waals surface area contributed by atoms with Gasteiger partial charge >= 0.3 is 0 Å². The van der Waals surface area contributed by atoms with Gasteiger partial charge in [-0.15, -0.1) is 0 Å². The lowest BCUT2D eigenvalue weighted by Gasteiger charge is -1.98. The highest BCUT2D eigenvalue weighted by Crippen LogP contribution is 2.28. The smallest absolute Gasteiger partial charge is 0.259 e. The van der Waals surface area contributed by atoms with Crippen molar-refractivity contribution < 1.29 is 4.52 Å². The third-order valence-electron chi connectivity index (χ3n) is 1.99. The summed E-state index contributed by atoms with van der Waals surface area (Å²) in [7, 11) is 0. The summed E-state index contributed by atoms with van der Waals surface area (Å²) in [6, 6.07) is 5.96. The summed E-state index contributed by atoms with van der Waals surface area (Å²) in [5, 5.41) is 3.86. The molecular weight excluding hydrogens is 385 g/mol. The van der Waals surface area contributed by atoms with Crippen molar-refractivity contribution >= 4 is 38.5 Å². The molecule has 2 N–H and O–H groups in total. The van der Waals surface area contributed by atoms with E-state index in [1.165, 1.54) is 0 Å². The van der Waals surface area contributed by atoms with E-state index in [0.29, 0.717) is 24.7 Å². The van der Waals surface area contributed by atoms with Crippen LogP contribution in [0.3, 0.4) is 0 Å². The minimum absolute atomic E-state index is 0.520. The molecule has 0 saturated carbocycles. The van der Waals surface area contributed by atoms with Crippen LogP contribution in [0.5, 0.6) is 0 Å². The Kier molecular flexibility index (Phi) is 3.93. The van der Waals surface area contributed by atoms with E-state index in [4.69, 9.17) is 10.3 Å². The van der Waals surface area contributed by atoms with Crippen molar-refractivity contribution in [2.24, 2.45) is 5.73 Å². The van der Waals surface area contributed by atoms with Crippen molar-refractivity contribution in [2.45, 2.75) is 6.42 Å². The van der Waals surface area contributed by atoms with Crippen LogP contribution in [-0.4, -0.2) is 16.7 Å². The lowest BCUT2D eigenvalue weighted by Crippen LogP contribution is -2.03. The molecule has 0 spiro atoms. The number of halogens is 2. The van der Waals surface area contributed by atoms with Crippen molar-refractivity contribution in [3.63, 3.8) is 0 Å². The second-order valence-electron chi connectivity index (χ2n) is 3.18. The molecule has 16 heavy (non-hydrogen) atoms. The van der Waals surface area contributed by atoms with Crippen molar-refractivity contribution in [1.29, 1.82) is 0 Å². The average molecular weight is 394 g/mol. The highest BCUT2D eigenvalue weighted by Gasteiger charge is 2.11. The Bertz CT molecular complexity index is 501. The maximum Gasteiger partial charge on any atom is 0.259 e. The fourth-order valence-electron chi connectivity index (χ4n) is 1.26. The molecule has 84 valence electrons. The summed E-state index contributed by atoms with van der Waals surface area (Å²) in [4.78, 5) is 4.28. The molecule has 0 atom stereocenters. The molecule has 0 amide bonds. The van der Waals surface area contributed by atoms with E-state index in [9.17, 15) is 0 Å². The van der Waals surface area contributed by atoms with E-state index in [2.05, 4.69) is 48.7 Å². The molecule has 6 heteroatoms. The fraction of sp³-hybridized carbons (Fsp3) is 0.200. The normalized spacial score (nSPS) is 10.7. The van der Waals surface area contributed by atoms with Crippen molar-refractivity contribution in [3.8, 4) is 11.5 Å². The molecular formula is C10H9BrIN3O. The summed E-state index contributed by atoms with van der Waals surface area (Å²) in [5.41, 5.74) is 6.34. The molecule has 1 aromatic carbocycles. The standard InChI is InChI=1S/C10H9BrIN3O/c11-8-2-1-6(12)5-7(8)10-14-9(3-4-13)15-16-10/h1-2,5H,3-4,13H2. The molecule has 0 saturated heterocycles. The highest BCUT2D eigenvalue weighted by molar-refractivity contribution is 14.1. The van der Waals surface area contributed by atoms with Gasteiger partial charge in [-0.25, -0.2) is 0 Å². The van der Waals surface area contributed by atoms with Gasteiger partial charge in [0.05, 0.1) is 5.56 Å². The van der Waals surface area contributed by atoms with Crippen LogP contribution in [0, 0.1) is 3.57 Å². The Hall–Kier alpha value is -0.470. The second-order valence-corrected chi connectivity index (χ2v) is 5.28. The van der Waals surface area contributed by atoms with Crippen molar-refractivity contribution in [2.75, 3.05) is 6.54 Å². The van der Waals surface area contributed by atoms with Gasteiger partial charge in [-0.1, -0.05) is 5.16 Å². The summed E-state index contributed by atoms with van der Waals surface area (Å²) < 4.78 is 7.25. The van der Waals surface area contributed by atoms with Crippen LogP contribution < -0.4 is 5.73 Å². The number of nitrogens with two attached hydrogens (primary N) is 1. The first-order chi connectivity index (χ1) is 7.70. The van der Waals surface area contributed by atoms with Gasteiger partial charge in [-0.05, 0) is 63.3 Å².